The van der Waals surface area contributed by atoms with E-state index in [0.29, 0.717) is 0 Å². The third kappa shape index (κ3) is 3.05. The van der Waals surface area contributed by atoms with Gasteiger partial charge in [0.25, 0.3) is 11.5 Å². The molecule has 0 saturated carbocycles. The van der Waals surface area contributed by atoms with Crippen molar-refractivity contribution in [3.05, 3.63) is 34.5 Å². The largest absolute Gasteiger partial charge is 0.355 e. The molecule has 3 aromatic heterocycles. The lowest BCUT2D eigenvalue weighted by Crippen LogP contribution is -2.30. The number of carbonyl (C=O) groups excluding carboxylic acids is 1. The average Bonchev–Trinajstić information content (AvgIpc) is 3.12. The third-order valence-corrected chi connectivity index (χ3v) is 4.09. The Bertz CT molecular complexity index is 956. The lowest BCUT2D eigenvalue weighted by molar-refractivity contribution is 0.102. The number of nitrogens with one attached hydrogen (secondary N) is 3. The molecule has 3 aromatic rings. The molecule has 1 aliphatic heterocycles. The number of nitrogens with zero attached hydrogens (tertiary/aromatic N) is 5. The van der Waals surface area contributed by atoms with Crippen LogP contribution < -0.4 is 15.8 Å². The molecule has 4 rings (SSSR count). The van der Waals surface area contributed by atoms with Crippen LogP contribution in [0.25, 0.3) is 11.2 Å². The third-order valence-electron chi connectivity index (χ3n) is 4.09. The predicted molar refractivity (Wildman–Crippen MR) is 90.6 cm³/mol. The van der Waals surface area contributed by atoms with Gasteiger partial charge in [-0.2, -0.15) is 4.98 Å². The van der Waals surface area contributed by atoms with Gasteiger partial charge in [0.05, 0.1) is 6.33 Å². The van der Waals surface area contributed by atoms with Crippen LogP contribution in [0.4, 0.5) is 11.8 Å². The lowest BCUT2D eigenvalue weighted by atomic mass is 10.1. The molecule has 0 radical (unpaired) electrons. The van der Waals surface area contributed by atoms with Crippen LogP contribution >= 0.6 is 0 Å². The van der Waals surface area contributed by atoms with Gasteiger partial charge < -0.3 is 9.88 Å². The molecule has 0 atom stereocenters. The topological polar surface area (TPSA) is 133 Å². The van der Waals surface area contributed by atoms with E-state index < -0.39 is 11.5 Å². The number of H-pyrrole nitrogens is 2. The Morgan fingerprint density at radius 1 is 1.16 bits per heavy atom. The number of amides is 1. The highest BCUT2D eigenvalue weighted by atomic mass is 16.2. The molecule has 10 nitrogen and oxygen atoms in total. The molecule has 0 bridgehead atoms. The first kappa shape index (κ1) is 15.2. The van der Waals surface area contributed by atoms with E-state index in [1.807, 2.05) is 0 Å². The molecular formula is C15H16N8O2. The molecular weight excluding hydrogens is 324 g/mol. The van der Waals surface area contributed by atoms with Crippen LogP contribution in [-0.2, 0) is 0 Å². The maximum Gasteiger partial charge on any atom is 0.278 e. The number of hydrogen-bond donors (Lipinski definition) is 3. The van der Waals surface area contributed by atoms with Gasteiger partial charge >= 0.3 is 0 Å². The molecule has 1 fully saturated rings. The number of aromatic nitrogens is 6. The Labute approximate surface area is 141 Å². The maximum atomic E-state index is 12.3. The van der Waals surface area contributed by atoms with Crippen molar-refractivity contribution in [1.29, 1.82) is 0 Å². The molecule has 1 aliphatic rings. The monoisotopic (exact) mass is 340 g/mol. The summed E-state index contributed by atoms with van der Waals surface area (Å²) in [6, 6.07) is 3.39. The molecule has 128 valence electrons. The van der Waals surface area contributed by atoms with Crippen LogP contribution in [0, 0.1) is 0 Å². The number of hydrogen-bond acceptors (Lipinski definition) is 7. The van der Waals surface area contributed by atoms with E-state index in [2.05, 4.69) is 40.3 Å². The molecule has 0 unspecified atom stereocenters. The SMILES string of the molecule is O=C(Nc1nc2nc[nH]c2c(=O)[nH]1)c1ccc(N2CCCCC2)nn1. The summed E-state index contributed by atoms with van der Waals surface area (Å²) in [4.78, 5) is 39.4. The van der Waals surface area contributed by atoms with E-state index in [-0.39, 0.29) is 22.8 Å². The van der Waals surface area contributed by atoms with Gasteiger partial charge in [0.15, 0.2) is 22.7 Å². The van der Waals surface area contributed by atoms with Crippen molar-refractivity contribution < 1.29 is 4.79 Å². The number of imidazole rings is 1. The fraction of sp³-hybridized carbons (Fsp3) is 0.333. The summed E-state index contributed by atoms with van der Waals surface area (Å²) in [6.07, 6.45) is 4.87. The zero-order valence-electron chi connectivity index (χ0n) is 13.3. The van der Waals surface area contributed by atoms with Crippen molar-refractivity contribution in [2.45, 2.75) is 19.3 Å². The molecule has 0 aliphatic carbocycles. The minimum Gasteiger partial charge on any atom is -0.355 e. The summed E-state index contributed by atoms with van der Waals surface area (Å²) in [5.41, 5.74) is 0.212. The second kappa shape index (κ2) is 6.30. The van der Waals surface area contributed by atoms with Gasteiger partial charge in [-0.25, -0.2) is 4.98 Å². The second-order valence-corrected chi connectivity index (χ2v) is 5.79. The predicted octanol–water partition coefficient (Wildman–Crippen LogP) is 0.679. The van der Waals surface area contributed by atoms with Crippen LogP contribution in [0.3, 0.4) is 0 Å². The van der Waals surface area contributed by atoms with Crippen molar-refractivity contribution in [2.24, 2.45) is 0 Å². The minimum absolute atomic E-state index is 0.0107. The smallest absolute Gasteiger partial charge is 0.278 e. The number of rotatable bonds is 3. The number of anilines is 2. The highest BCUT2D eigenvalue weighted by Gasteiger charge is 2.15. The summed E-state index contributed by atoms with van der Waals surface area (Å²) < 4.78 is 0. The highest BCUT2D eigenvalue weighted by Crippen LogP contribution is 2.16. The van der Waals surface area contributed by atoms with E-state index in [9.17, 15) is 9.59 Å². The van der Waals surface area contributed by atoms with Gasteiger partial charge in [-0.15, -0.1) is 10.2 Å². The van der Waals surface area contributed by atoms with Gasteiger partial charge in [0.2, 0.25) is 5.95 Å². The second-order valence-electron chi connectivity index (χ2n) is 5.79. The van der Waals surface area contributed by atoms with E-state index in [1.165, 1.54) is 12.7 Å². The first-order valence-corrected chi connectivity index (χ1v) is 8.04. The summed E-state index contributed by atoms with van der Waals surface area (Å²) in [7, 11) is 0. The van der Waals surface area contributed by atoms with Crippen LogP contribution in [0.1, 0.15) is 29.8 Å². The summed E-state index contributed by atoms with van der Waals surface area (Å²) >= 11 is 0. The molecule has 3 N–H and O–H groups in total. The van der Waals surface area contributed by atoms with Crippen molar-refractivity contribution in [3.63, 3.8) is 0 Å². The number of carbonyl (C=O) groups is 1. The average molecular weight is 340 g/mol. The molecule has 1 amide bonds. The van der Waals surface area contributed by atoms with Gasteiger partial charge in [-0.3, -0.25) is 19.9 Å². The number of fused-ring (bicyclic) bond motifs is 1. The fourth-order valence-electron chi connectivity index (χ4n) is 2.81. The van der Waals surface area contributed by atoms with Crippen LogP contribution in [0.2, 0.25) is 0 Å². The zero-order chi connectivity index (χ0) is 17.2. The van der Waals surface area contributed by atoms with Crippen LogP contribution in [0.5, 0.6) is 0 Å². The normalized spacial score (nSPS) is 14.6. The van der Waals surface area contributed by atoms with Gasteiger partial charge in [0.1, 0.15) is 0 Å². The molecule has 10 heteroatoms. The summed E-state index contributed by atoms with van der Waals surface area (Å²) in [6.45, 7) is 1.91. The van der Waals surface area contributed by atoms with Crippen molar-refractivity contribution in [1.82, 2.24) is 30.1 Å². The van der Waals surface area contributed by atoms with Gasteiger partial charge in [-0.1, -0.05) is 0 Å². The first-order valence-electron chi connectivity index (χ1n) is 8.04. The molecule has 4 heterocycles. The van der Waals surface area contributed by atoms with Crippen LogP contribution in [0.15, 0.2) is 23.3 Å². The Kier molecular flexibility index (Phi) is 3.84. The molecule has 25 heavy (non-hydrogen) atoms. The lowest BCUT2D eigenvalue weighted by Gasteiger charge is -2.27. The highest BCUT2D eigenvalue weighted by molar-refractivity contribution is 6.02. The van der Waals surface area contributed by atoms with E-state index in [4.69, 9.17) is 0 Å². The fourth-order valence-corrected chi connectivity index (χ4v) is 2.81. The van der Waals surface area contributed by atoms with E-state index >= 15 is 0 Å². The standard InChI is InChI=1S/C15H16N8O2/c24-13(19-15-18-12-11(14(25)20-15)16-8-17-12)9-4-5-10(22-21-9)23-6-2-1-3-7-23/h4-5,8H,1-3,6-7H2,(H3,16,17,18,19,20,24,25). The quantitative estimate of drug-likeness (QED) is 0.638. The Morgan fingerprint density at radius 3 is 2.76 bits per heavy atom. The maximum absolute atomic E-state index is 12.3. The van der Waals surface area contributed by atoms with E-state index in [1.54, 1.807) is 12.1 Å². The molecule has 1 saturated heterocycles. The molecule has 0 spiro atoms. The number of aromatic amines is 2. The Balaban J connectivity index is 1.51. The minimum atomic E-state index is -0.504. The van der Waals surface area contributed by atoms with Crippen molar-refractivity contribution in [2.75, 3.05) is 23.3 Å². The van der Waals surface area contributed by atoms with Gasteiger partial charge in [0, 0.05) is 13.1 Å². The Hall–Kier alpha value is -3.30. The zero-order valence-corrected chi connectivity index (χ0v) is 13.3. The van der Waals surface area contributed by atoms with Crippen molar-refractivity contribution >= 4 is 28.8 Å². The molecule has 0 aromatic carbocycles. The Morgan fingerprint density at radius 2 is 2.00 bits per heavy atom. The van der Waals surface area contributed by atoms with Crippen molar-refractivity contribution in [3.8, 4) is 0 Å². The first-order chi connectivity index (χ1) is 12.2. The summed E-state index contributed by atoms with van der Waals surface area (Å²) in [5, 5.41) is 10.6. The van der Waals surface area contributed by atoms with Crippen LogP contribution in [-0.4, -0.2) is 49.1 Å². The van der Waals surface area contributed by atoms with Gasteiger partial charge in [-0.05, 0) is 31.4 Å². The number of piperidine rings is 1. The van der Waals surface area contributed by atoms with E-state index in [0.717, 1.165) is 31.7 Å². The summed E-state index contributed by atoms with van der Waals surface area (Å²) in [5.74, 6) is 0.271.